The van der Waals surface area contributed by atoms with E-state index in [1.165, 1.54) is 6.07 Å². The molecule has 0 radical (unpaired) electrons. The van der Waals surface area contributed by atoms with E-state index in [1.807, 2.05) is 31.2 Å². The molecule has 3 heteroatoms. The molecule has 2 aromatic carbocycles. The maximum absolute atomic E-state index is 13.5. The highest BCUT2D eigenvalue weighted by Crippen LogP contribution is 2.22. The summed E-state index contributed by atoms with van der Waals surface area (Å²) >= 11 is 5.97. The van der Waals surface area contributed by atoms with Crippen LogP contribution in [0.2, 0.25) is 5.02 Å². The first-order valence-electron chi connectivity index (χ1n) is 5.83. The number of rotatable bonds is 3. The van der Waals surface area contributed by atoms with Gasteiger partial charge in [-0.1, -0.05) is 41.9 Å². The third-order valence-corrected chi connectivity index (χ3v) is 3.43. The zero-order valence-corrected chi connectivity index (χ0v) is 10.9. The van der Waals surface area contributed by atoms with E-state index in [-0.39, 0.29) is 11.9 Å². The van der Waals surface area contributed by atoms with E-state index in [4.69, 9.17) is 17.3 Å². The summed E-state index contributed by atoms with van der Waals surface area (Å²) in [6.45, 7) is 1.93. The Morgan fingerprint density at radius 1 is 1.22 bits per heavy atom. The fraction of sp³-hybridized carbons (Fsp3) is 0.200. The molecule has 1 unspecified atom stereocenters. The Balaban J connectivity index is 2.19. The van der Waals surface area contributed by atoms with Crippen LogP contribution in [0.25, 0.3) is 0 Å². The summed E-state index contributed by atoms with van der Waals surface area (Å²) in [6, 6.07) is 12.2. The molecule has 2 rings (SSSR count). The Morgan fingerprint density at radius 2 is 1.94 bits per heavy atom. The second-order valence-corrected chi connectivity index (χ2v) is 4.82. The van der Waals surface area contributed by atoms with Gasteiger partial charge in [-0.05, 0) is 42.2 Å². The Kier molecular flexibility index (Phi) is 4.00. The van der Waals surface area contributed by atoms with Crippen molar-refractivity contribution in [2.75, 3.05) is 0 Å². The van der Waals surface area contributed by atoms with Crippen molar-refractivity contribution in [2.45, 2.75) is 19.4 Å². The van der Waals surface area contributed by atoms with Gasteiger partial charge in [0, 0.05) is 11.1 Å². The number of benzene rings is 2. The first-order valence-corrected chi connectivity index (χ1v) is 6.21. The molecular weight excluding hydrogens is 249 g/mol. The zero-order chi connectivity index (χ0) is 13.1. The minimum absolute atomic E-state index is 0.210. The Morgan fingerprint density at radius 3 is 2.61 bits per heavy atom. The minimum atomic E-state index is -0.224. The molecule has 0 heterocycles. The van der Waals surface area contributed by atoms with Crippen LogP contribution in [0.3, 0.4) is 0 Å². The van der Waals surface area contributed by atoms with E-state index < -0.39 is 0 Å². The van der Waals surface area contributed by atoms with Crippen molar-refractivity contribution in [3.05, 3.63) is 70.0 Å². The average molecular weight is 264 g/mol. The van der Waals surface area contributed by atoms with Gasteiger partial charge in [-0.3, -0.25) is 0 Å². The number of hydrogen-bond donors (Lipinski definition) is 1. The summed E-state index contributed by atoms with van der Waals surface area (Å²) in [6.07, 6.45) is 0.480. The van der Waals surface area contributed by atoms with Gasteiger partial charge >= 0.3 is 0 Å². The number of halogens is 2. The molecule has 2 aromatic rings. The lowest BCUT2D eigenvalue weighted by Gasteiger charge is -2.14. The van der Waals surface area contributed by atoms with E-state index in [0.717, 1.165) is 16.1 Å². The standard InChI is InChI=1S/C15H15ClFN/c1-10-8-12(6-7-13(10)16)15(18)9-11-4-2-3-5-14(11)17/h2-8,15H,9,18H2,1H3. The van der Waals surface area contributed by atoms with Crippen molar-refractivity contribution in [2.24, 2.45) is 5.73 Å². The van der Waals surface area contributed by atoms with Gasteiger partial charge in [-0.15, -0.1) is 0 Å². The lowest BCUT2D eigenvalue weighted by Crippen LogP contribution is -2.14. The van der Waals surface area contributed by atoms with Crippen LogP contribution < -0.4 is 5.73 Å². The molecule has 18 heavy (non-hydrogen) atoms. The third kappa shape index (κ3) is 2.89. The fourth-order valence-corrected chi connectivity index (χ4v) is 2.03. The van der Waals surface area contributed by atoms with Crippen LogP contribution in [-0.2, 0) is 6.42 Å². The predicted molar refractivity (Wildman–Crippen MR) is 73.2 cm³/mol. The fourth-order valence-electron chi connectivity index (χ4n) is 1.92. The third-order valence-electron chi connectivity index (χ3n) is 3.01. The molecule has 0 aliphatic heterocycles. The highest BCUT2D eigenvalue weighted by molar-refractivity contribution is 6.31. The molecule has 0 bridgehead atoms. The normalized spacial score (nSPS) is 12.4. The van der Waals surface area contributed by atoms with E-state index >= 15 is 0 Å². The van der Waals surface area contributed by atoms with E-state index in [0.29, 0.717) is 12.0 Å². The van der Waals surface area contributed by atoms with Gasteiger partial charge < -0.3 is 5.73 Å². The number of aryl methyl sites for hydroxylation is 1. The average Bonchev–Trinajstić information content (AvgIpc) is 2.35. The van der Waals surface area contributed by atoms with E-state index in [1.54, 1.807) is 12.1 Å². The molecule has 0 saturated carbocycles. The van der Waals surface area contributed by atoms with Gasteiger partial charge in [0.15, 0.2) is 0 Å². The first kappa shape index (κ1) is 13.1. The van der Waals surface area contributed by atoms with Crippen molar-refractivity contribution >= 4 is 11.6 Å². The maximum Gasteiger partial charge on any atom is 0.126 e. The topological polar surface area (TPSA) is 26.0 Å². The van der Waals surface area contributed by atoms with Crippen LogP contribution in [0.15, 0.2) is 42.5 Å². The van der Waals surface area contributed by atoms with Gasteiger partial charge in [-0.2, -0.15) is 0 Å². The highest BCUT2D eigenvalue weighted by atomic mass is 35.5. The Labute approximate surface area is 111 Å². The molecule has 0 saturated heterocycles. The molecule has 0 aliphatic carbocycles. The summed E-state index contributed by atoms with van der Waals surface area (Å²) in [7, 11) is 0. The lowest BCUT2D eigenvalue weighted by atomic mass is 9.98. The van der Waals surface area contributed by atoms with Gasteiger partial charge in [0.1, 0.15) is 5.82 Å². The predicted octanol–water partition coefficient (Wildman–Crippen LogP) is 4.03. The second kappa shape index (κ2) is 5.51. The van der Waals surface area contributed by atoms with Crippen molar-refractivity contribution in [3.8, 4) is 0 Å². The van der Waals surface area contributed by atoms with Crippen molar-refractivity contribution in [1.29, 1.82) is 0 Å². The Bertz CT molecular complexity index is 554. The largest absolute Gasteiger partial charge is 0.324 e. The lowest BCUT2D eigenvalue weighted by molar-refractivity contribution is 0.593. The summed E-state index contributed by atoms with van der Waals surface area (Å²) in [4.78, 5) is 0. The summed E-state index contributed by atoms with van der Waals surface area (Å²) in [5.74, 6) is -0.210. The van der Waals surface area contributed by atoms with Crippen molar-refractivity contribution in [3.63, 3.8) is 0 Å². The van der Waals surface area contributed by atoms with Gasteiger partial charge in [0.25, 0.3) is 0 Å². The number of nitrogens with two attached hydrogens (primary N) is 1. The monoisotopic (exact) mass is 263 g/mol. The maximum atomic E-state index is 13.5. The van der Waals surface area contributed by atoms with E-state index in [2.05, 4.69) is 0 Å². The smallest absolute Gasteiger partial charge is 0.126 e. The molecule has 1 atom stereocenters. The summed E-state index contributed by atoms with van der Waals surface area (Å²) in [5.41, 5.74) is 8.70. The van der Waals surface area contributed by atoms with Crippen LogP contribution in [0.1, 0.15) is 22.7 Å². The van der Waals surface area contributed by atoms with E-state index in [9.17, 15) is 4.39 Å². The molecule has 0 fully saturated rings. The highest BCUT2D eigenvalue weighted by Gasteiger charge is 2.10. The van der Waals surface area contributed by atoms with Crippen molar-refractivity contribution in [1.82, 2.24) is 0 Å². The van der Waals surface area contributed by atoms with Crippen LogP contribution in [0.4, 0.5) is 4.39 Å². The van der Waals surface area contributed by atoms with Crippen LogP contribution >= 0.6 is 11.6 Å². The SMILES string of the molecule is Cc1cc(C(N)Cc2ccccc2F)ccc1Cl. The molecule has 0 aromatic heterocycles. The molecular formula is C15H15ClFN. The van der Waals surface area contributed by atoms with Gasteiger partial charge in [0.2, 0.25) is 0 Å². The first-order chi connectivity index (χ1) is 8.58. The van der Waals surface area contributed by atoms with Crippen molar-refractivity contribution < 1.29 is 4.39 Å². The Hall–Kier alpha value is -1.38. The summed E-state index contributed by atoms with van der Waals surface area (Å²) < 4.78 is 13.5. The molecule has 0 spiro atoms. The molecule has 0 aliphatic rings. The van der Waals surface area contributed by atoms with Crippen LogP contribution in [0.5, 0.6) is 0 Å². The molecule has 1 nitrogen and oxygen atoms in total. The molecule has 0 amide bonds. The second-order valence-electron chi connectivity index (χ2n) is 4.41. The van der Waals surface area contributed by atoms with Gasteiger partial charge in [-0.25, -0.2) is 4.39 Å². The zero-order valence-electron chi connectivity index (χ0n) is 10.2. The minimum Gasteiger partial charge on any atom is -0.324 e. The number of hydrogen-bond acceptors (Lipinski definition) is 1. The van der Waals surface area contributed by atoms with Crippen LogP contribution in [0, 0.1) is 12.7 Å². The quantitative estimate of drug-likeness (QED) is 0.889. The van der Waals surface area contributed by atoms with Gasteiger partial charge in [0.05, 0.1) is 0 Å². The summed E-state index contributed by atoms with van der Waals surface area (Å²) in [5, 5.41) is 0.719. The van der Waals surface area contributed by atoms with Crippen LogP contribution in [-0.4, -0.2) is 0 Å². The molecule has 94 valence electrons. The molecule has 2 N–H and O–H groups in total.